The van der Waals surface area contributed by atoms with Gasteiger partial charge in [0.1, 0.15) is 0 Å². The van der Waals surface area contributed by atoms with Gasteiger partial charge < -0.3 is 15.2 Å². The first-order valence-corrected chi connectivity index (χ1v) is 6.31. The summed E-state index contributed by atoms with van der Waals surface area (Å²) in [4.78, 5) is 21.2. The number of benzene rings is 1. The maximum atomic E-state index is 11.2. The number of carboxylic acids is 1. The van der Waals surface area contributed by atoms with Crippen molar-refractivity contribution in [2.45, 2.75) is 20.0 Å². The molecule has 1 aromatic rings. The number of anilines is 1. The minimum absolute atomic E-state index is 0.0136. The average molecular weight is 303 g/mol. The van der Waals surface area contributed by atoms with Crippen LogP contribution >= 0.6 is 11.6 Å². The van der Waals surface area contributed by atoms with Crippen LogP contribution in [0.1, 0.15) is 24.2 Å². The molecule has 8 heteroatoms. The highest BCUT2D eigenvalue weighted by Crippen LogP contribution is 2.31. The number of nitro benzene ring substituents is 1. The van der Waals surface area contributed by atoms with Crippen molar-refractivity contribution in [1.29, 1.82) is 0 Å². The molecule has 0 spiro atoms. The van der Waals surface area contributed by atoms with Gasteiger partial charge in [0.25, 0.3) is 5.69 Å². The van der Waals surface area contributed by atoms with Crippen LogP contribution in [-0.2, 0) is 4.74 Å². The van der Waals surface area contributed by atoms with Crippen LogP contribution in [0, 0.1) is 10.1 Å². The molecular formula is C12H15ClN2O5. The Morgan fingerprint density at radius 2 is 2.25 bits per heavy atom. The van der Waals surface area contributed by atoms with Gasteiger partial charge in [0.2, 0.25) is 0 Å². The summed E-state index contributed by atoms with van der Waals surface area (Å²) < 4.78 is 5.30. The summed E-state index contributed by atoms with van der Waals surface area (Å²) in [6.45, 7) is 4.53. The average Bonchev–Trinajstić information content (AvgIpc) is 2.36. The molecule has 0 saturated carbocycles. The van der Waals surface area contributed by atoms with Crippen molar-refractivity contribution in [3.63, 3.8) is 0 Å². The largest absolute Gasteiger partial charge is 0.478 e. The first-order valence-electron chi connectivity index (χ1n) is 5.93. The fourth-order valence-corrected chi connectivity index (χ4v) is 1.92. The van der Waals surface area contributed by atoms with Gasteiger partial charge in [-0.2, -0.15) is 0 Å². The molecule has 0 aliphatic rings. The number of nitrogens with one attached hydrogen (secondary N) is 1. The lowest BCUT2D eigenvalue weighted by molar-refractivity contribution is -0.384. The van der Waals surface area contributed by atoms with Crippen LogP contribution in [0.25, 0.3) is 0 Å². The van der Waals surface area contributed by atoms with Gasteiger partial charge in [-0.15, -0.1) is 0 Å². The molecule has 0 aliphatic heterocycles. The number of halogens is 1. The lowest BCUT2D eigenvalue weighted by Crippen LogP contribution is -2.21. The van der Waals surface area contributed by atoms with Gasteiger partial charge >= 0.3 is 5.97 Å². The van der Waals surface area contributed by atoms with E-state index in [-0.39, 0.29) is 28.1 Å². The second-order valence-electron chi connectivity index (χ2n) is 4.06. The molecule has 0 saturated heterocycles. The predicted octanol–water partition coefficient (Wildman–Crippen LogP) is 2.78. The number of ether oxygens (including phenoxy) is 1. The summed E-state index contributed by atoms with van der Waals surface area (Å²) >= 11 is 5.91. The summed E-state index contributed by atoms with van der Waals surface area (Å²) in [6.07, 6.45) is -0.145. The van der Waals surface area contributed by atoms with Crippen molar-refractivity contribution in [2.75, 3.05) is 18.5 Å². The predicted molar refractivity (Wildman–Crippen MR) is 74.6 cm³/mol. The molecule has 0 heterocycles. The second-order valence-corrected chi connectivity index (χ2v) is 4.47. The molecular weight excluding hydrogens is 288 g/mol. The van der Waals surface area contributed by atoms with Gasteiger partial charge in [0, 0.05) is 25.3 Å². The quantitative estimate of drug-likeness (QED) is 0.593. The summed E-state index contributed by atoms with van der Waals surface area (Å²) in [5.74, 6) is -1.29. The highest BCUT2D eigenvalue weighted by molar-refractivity contribution is 6.34. The zero-order chi connectivity index (χ0) is 15.3. The van der Waals surface area contributed by atoms with Crippen molar-refractivity contribution >= 4 is 28.9 Å². The maximum Gasteiger partial charge on any atom is 0.338 e. The van der Waals surface area contributed by atoms with Gasteiger partial charge in [0.05, 0.1) is 27.3 Å². The number of rotatable bonds is 7. The van der Waals surface area contributed by atoms with Crippen LogP contribution in [0.15, 0.2) is 12.1 Å². The number of carbonyl (C=O) groups is 1. The van der Waals surface area contributed by atoms with Crippen LogP contribution in [0.5, 0.6) is 0 Å². The minimum atomic E-state index is -1.29. The number of hydrogen-bond donors (Lipinski definition) is 2. The van der Waals surface area contributed by atoms with Crippen molar-refractivity contribution in [1.82, 2.24) is 0 Å². The lowest BCUT2D eigenvalue weighted by Gasteiger charge is -2.16. The molecule has 0 bridgehead atoms. The van der Waals surface area contributed by atoms with E-state index in [0.717, 1.165) is 12.1 Å². The first kappa shape index (κ1) is 16.2. The molecule has 110 valence electrons. The summed E-state index contributed by atoms with van der Waals surface area (Å²) in [5.41, 5.74) is -0.458. The van der Waals surface area contributed by atoms with Gasteiger partial charge in [0.15, 0.2) is 0 Å². The highest BCUT2D eigenvalue weighted by Gasteiger charge is 2.20. The van der Waals surface area contributed by atoms with E-state index in [0.29, 0.717) is 13.2 Å². The van der Waals surface area contributed by atoms with Crippen LogP contribution in [0.2, 0.25) is 5.02 Å². The molecule has 20 heavy (non-hydrogen) atoms. The normalized spacial score (nSPS) is 11.9. The molecule has 0 aliphatic carbocycles. The highest BCUT2D eigenvalue weighted by atomic mass is 35.5. The third kappa shape index (κ3) is 4.07. The van der Waals surface area contributed by atoms with Gasteiger partial charge in [-0.25, -0.2) is 4.79 Å². The van der Waals surface area contributed by atoms with Crippen LogP contribution in [0.4, 0.5) is 11.4 Å². The molecule has 1 aromatic carbocycles. The molecule has 2 N–H and O–H groups in total. The number of hydrogen-bond acceptors (Lipinski definition) is 5. The molecule has 1 atom stereocenters. The smallest absolute Gasteiger partial charge is 0.338 e. The molecule has 0 aromatic heterocycles. The molecule has 1 rings (SSSR count). The fraction of sp³-hybridized carbons (Fsp3) is 0.417. The lowest BCUT2D eigenvalue weighted by atomic mass is 10.1. The van der Waals surface area contributed by atoms with E-state index < -0.39 is 10.9 Å². The van der Waals surface area contributed by atoms with Crippen LogP contribution < -0.4 is 5.32 Å². The van der Waals surface area contributed by atoms with Crippen molar-refractivity contribution in [3.05, 3.63) is 32.8 Å². The number of nitro groups is 1. The maximum absolute atomic E-state index is 11.2. The van der Waals surface area contributed by atoms with Gasteiger partial charge in [-0.05, 0) is 13.8 Å². The van der Waals surface area contributed by atoms with E-state index in [2.05, 4.69) is 5.32 Å². The monoisotopic (exact) mass is 302 g/mol. The second kappa shape index (κ2) is 7.06. The zero-order valence-corrected chi connectivity index (χ0v) is 11.8. The van der Waals surface area contributed by atoms with E-state index >= 15 is 0 Å². The summed E-state index contributed by atoms with van der Waals surface area (Å²) in [7, 11) is 0. The Balaban J connectivity index is 3.05. The van der Waals surface area contributed by atoms with E-state index in [1.54, 1.807) is 0 Å². The number of carboxylic acid groups (broad SMARTS) is 1. The van der Waals surface area contributed by atoms with Crippen molar-refractivity contribution < 1.29 is 19.6 Å². The zero-order valence-electron chi connectivity index (χ0n) is 11.1. The Kier molecular flexibility index (Phi) is 5.72. The van der Waals surface area contributed by atoms with Crippen molar-refractivity contribution in [3.8, 4) is 0 Å². The van der Waals surface area contributed by atoms with E-state index in [1.807, 2.05) is 13.8 Å². The van der Waals surface area contributed by atoms with E-state index in [4.69, 9.17) is 21.4 Å². The topological polar surface area (TPSA) is 102 Å². The van der Waals surface area contributed by atoms with Crippen molar-refractivity contribution in [2.24, 2.45) is 0 Å². The Morgan fingerprint density at radius 3 is 2.75 bits per heavy atom. The Hall–Kier alpha value is -1.86. The summed E-state index contributed by atoms with van der Waals surface area (Å²) in [6, 6.07) is 2.09. The van der Waals surface area contributed by atoms with E-state index in [1.165, 1.54) is 0 Å². The van der Waals surface area contributed by atoms with E-state index in [9.17, 15) is 14.9 Å². The molecule has 1 unspecified atom stereocenters. The number of nitrogens with zero attached hydrogens (tertiary/aromatic N) is 1. The van der Waals surface area contributed by atoms with Gasteiger partial charge in [-0.3, -0.25) is 10.1 Å². The molecule has 0 radical (unpaired) electrons. The standard InChI is InChI=1S/C12H15ClN2O5/c1-3-20-7(2)6-14-11-9(12(16)17)4-8(15(18)19)5-10(11)13/h4-5,7,14H,3,6H2,1-2H3,(H,16,17). The van der Waals surface area contributed by atoms with Crippen LogP contribution in [0.3, 0.4) is 0 Å². The molecule has 0 amide bonds. The SMILES string of the molecule is CCOC(C)CNc1c(Cl)cc([N+](=O)[O-])cc1C(=O)O. The Morgan fingerprint density at radius 1 is 1.60 bits per heavy atom. The Labute approximate surface area is 120 Å². The third-order valence-electron chi connectivity index (χ3n) is 2.53. The number of non-ortho nitro benzene ring substituents is 1. The molecule has 7 nitrogen and oxygen atoms in total. The fourth-order valence-electron chi connectivity index (χ4n) is 1.64. The minimum Gasteiger partial charge on any atom is -0.478 e. The van der Waals surface area contributed by atoms with Gasteiger partial charge in [-0.1, -0.05) is 11.6 Å². The Bertz CT molecular complexity index is 521. The molecule has 0 fully saturated rings. The first-order chi connectivity index (χ1) is 9.36. The van der Waals surface area contributed by atoms with Crippen LogP contribution in [-0.4, -0.2) is 35.3 Å². The number of aromatic carboxylic acids is 1. The third-order valence-corrected chi connectivity index (χ3v) is 2.83. The summed E-state index contributed by atoms with van der Waals surface area (Å²) in [5, 5.41) is 22.7.